The molecular formula is C8H14N4O2. The first kappa shape index (κ1) is 10.5. The monoisotopic (exact) mass is 198 g/mol. The summed E-state index contributed by atoms with van der Waals surface area (Å²) in [6, 6.07) is 1.37. The van der Waals surface area contributed by atoms with Crippen LogP contribution in [0.15, 0.2) is 12.3 Å². The van der Waals surface area contributed by atoms with Gasteiger partial charge >= 0.3 is 0 Å². The quantitative estimate of drug-likeness (QED) is 0.576. The van der Waals surface area contributed by atoms with E-state index in [1.165, 1.54) is 4.68 Å². The maximum atomic E-state index is 11.3. The number of carbonyl (C=O) groups excluding carboxylic acids is 1. The molecule has 1 atom stereocenters. The van der Waals surface area contributed by atoms with E-state index < -0.39 is 0 Å². The third-order valence-electron chi connectivity index (χ3n) is 1.65. The van der Waals surface area contributed by atoms with Crippen molar-refractivity contribution in [2.45, 2.75) is 19.5 Å². The topological polar surface area (TPSA) is 93.2 Å². The average molecular weight is 198 g/mol. The largest absolute Gasteiger partial charge is 0.394 e. The molecule has 1 aromatic rings. The molecule has 0 aromatic carbocycles. The van der Waals surface area contributed by atoms with Gasteiger partial charge in [-0.05, 0) is 13.0 Å². The van der Waals surface area contributed by atoms with Crippen molar-refractivity contribution < 1.29 is 9.90 Å². The van der Waals surface area contributed by atoms with Gasteiger partial charge < -0.3 is 16.2 Å². The number of nitrogens with one attached hydrogen (secondary N) is 1. The Morgan fingerprint density at radius 3 is 3.07 bits per heavy atom. The molecule has 1 rings (SSSR count). The molecule has 0 aliphatic carbocycles. The fourth-order valence-corrected chi connectivity index (χ4v) is 0.979. The summed E-state index contributed by atoms with van der Waals surface area (Å²) in [7, 11) is 0. The number of rotatable bonds is 4. The molecule has 6 nitrogen and oxygen atoms in total. The van der Waals surface area contributed by atoms with Gasteiger partial charge in [-0.1, -0.05) is 0 Å². The van der Waals surface area contributed by atoms with Crippen LogP contribution in [0.25, 0.3) is 0 Å². The first-order chi connectivity index (χ1) is 6.61. The molecule has 0 fully saturated rings. The molecule has 0 bridgehead atoms. The number of aliphatic hydroxyl groups excluding tert-OH is 1. The highest BCUT2D eigenvalue weighted by Gasteiger charge is 2.06. The van der Waals surface area contributed by atoms with Gasteiger partial charge in [-0.25, -0.2) is 0 Å². The summed E-state index contributed by atoms with van der Waals surface area (Å²) in [5.41, 5.74) is 5.38. The van der Waals surface area contributed by atoms with Crippen molar-refractivity contribution in [1.29, 1.82) is 0 Å². The first-order valence-corrected chi connectivity index (χ1v) is 4.31. The summed E-state index contributed by atoms with van der Waals surface area (Å²) in [6.07, 6.45) is 1.62. The van der Waals surface area contributed by atoms with Crippen LogP contribution in [0.4, 0.5) is 5.82 Å². The average Bonchev–Trinajstić information content (AvgIpc) is 2.50. The molecule has 1 aromatic heterocycles. The van der Waals surface area contributed by atoms with Crippen LogP contribution in [0.1, 0.15) is 6.92 Å². The predicted octanol–water partition coefficient (Wildman–Crippen LogP) is -1.04. The highest BCUT2D eigenvalue weighted by atomic mass is 16.3. The normalized spacial score (nSPS) is 12.4. The van der Waals surface area contributed by atoms with Crippen LogP contribution in [0.5, 0.6) is 0 Å². The number of nitrogens with two attached hydrogens (primary N) is 1. The molecule has 0 aliphatic rings. The number of anilines is 1. The van der Waals surface area contributed by atoms with E-state index in [-0.39, 0.29) is 25.1 Å². The lowest BCUT2D eigenvalue weighted by Gasteiger charge is -2.10. The second-order valence-corrected chi connectivity index (χ2v) is 3.09. The fourth-order valence-electron chi connectivity index (χ4n) is 0.979. The second-order valence-electron chi connectivity index (χ2n) is 3.09. The van der Waals surface area contributed by atoms with E-state index in [9.17, 15) is 4.79 Å². The van der Waals surface area contributed by atoms with Crippen molar-refractivity contribution in [3.63, 3.8) is 0 Å². The van der Waals surface area contributed by atoms with E-state index in [0.29, 0.717) is 5.82 Å². The summed E-state index contributed by atoms with van der Waals surface area (Å²) in [5.74, 6) is 0.183. The number of nitrogens with zero attached hydrogens (tertiary/aromatic N) is 2. The second kappa shape index (κ2) is 4.61. The minimum absolute atomic E-state index is 0.0764. The van der Waals surface area contributed by atoms with E-state index in [0.717, 1.165) is 0 Å². The third kappa shape index (κ3) is 3.06. The molecule has 0 radical (unpaired) electrons. The lowest BCUT2D eigenvalue weighted by Crippen LogP contribution is -2.37. The van der Waals surface area contributed by atoms with Gasteiger partial charge in [-0.15, -0.1) is 0 Å². The van der Waals surface area contributed by atoms with Gasteiger partial charge in [0.2, 0.25) is 5.91 Å². The van der Waals surface area contributed by atoms with Crippen molar-refractivity contribution in [2.24, 2.45) is 0 Å². The Morgan fingerprint density at radius 1 is 1.86 bits per heavy atom. The van der Waals surface area contributed by atoms with Crippen molar-refractivity contribution in [1.82, 2.24) is 15.1 Å². The van der Waals surface area contributed by atoms with Crippen LogP contribution >= 0.6 is 0 Å². The zero-order valence-corrected chi connectivity index (χ0v) is 7.97. The van der Waals surface area contributed by atoms with Crippen molar-refractivity contribution in [2.75, 3.05) is 12.3 Å². The zero-order valence-electron chi connectivity index (χ0n) is 7.97. The molecule has 6 heteroatoms. The van der Waals surface area contributed by atoms with Crippen LogP contribution in [0.2, 0.25) is 0 Å². The van der Waals surface area contributed by atoms with Crippen LogP contribution in [0, 0.1) is 0 Å². The van der Waals surface area contributed by atoms with E-state index in [1.807, 2.05) is 0 Å². The summed E-state index contributed by atoms with van der Waals surface area (Å²) in [5, 5.41) is 15.1. The standard InChI is InChI=1S/C8H14N4O2/c1-6(5-13)10-8(14)4-12-3-2-7(9)11-12/h2-3,6,13H,4-5H2,1H3,(H2,9,11)(H,10,14)/t6-/m1/s1. The number of carbonyl (C=O) groups is 1. The third-order valence-corrected chi connectivity index (χ3v) is 1.65. The lowest BCUT2D eigenvalue weighted by molar-refractivity contribution is -0.122. The summed E-state index contributed by atoms with van der Waals surface area (Å²) >= 11 is 0. The minimum atomic E-state index is -0.240. The van der Waals surface area contributed by atoms with E-state index in [2.05, 4.69) is 10.4 Å². The van der Waals surface area contributed by atoms with Gasteiger partial charge in [0, 0.05) is 12.2 Å². The smallest absolute Gasteiger partial charge is 0.242 e. The van der Waals surface area contributed by atoms with Crippen molar-refractivity contribution in [3.05, 3.63) is 12.3 Å². The zero-order chi connectivity index (χ0) is 10.6. The van der Waals surface area contributed by atoms with Gasteiger partial charge in [-0.2, -0.15) is 5.10 Å². The highest BCUT2D eigenvalue weighted by Crippen LogP contribution is 1.95. The molecule has 14 heavy (non-hydrogen) atoms. The molecule has 0 aliphatic heterocycles. The Balaban J connectivity index is 2.41. The predicted molar refractivity (Wildman–Crippen MR) is 51.3 cm³/mol. The molecule has 1 heterocycles. The number of aromatic nitrogens is 2. The molecule has 0 saturated carbocycles. The molecule has 0 unspecified atom stereocenters. The number of nitrogen functional groups attached to an aromatic ring is 1. The van der Waals surface area contributed by atoms with E-state index in [4.69, 9.17) is 10.8 Å². The van der Waals surface area contributed by atoms with Gasteiger partial charge in [-0.3, -0.25) is 9.48 Å². The van der Waals surface area contributed by atoms with Gasteiger partial charge in [0.05, 0.1) is 6.61 Å². The highest BCUT2D eigenvalue weighted by molar-refractivity contribution is 5.75. The van der Waals surface area contributed by atoms with E-state index in [1.54, 1.807) is 19.2 Å². The summed E-state index contributed by atoms with van der Waals surface area (Å²) < 4.78 is 1.44. The maximum absolute atomic E-state index is 11.3. The maximum Gasteiger partial charge on any atom is 0.242 e. The fraction of sp³-hybridized carbons (Fsp3) is 0.500. The molecule has 4 N–H and O–H groups in total. The van der Waals surface area contributed by atoms with Gasteiger partial charge in [0.1, 0.15) is 12.4 Å². The number of amides is 1. The number of hydrogen-bond acceptors (Lipinski definition) is 4. The Bertz CT molecular complexity index is 310. The molecule has 0 saturated heterocycles. The molecule has 1 amide bonds. The summed E-state index contributed by atoms with van der Waals surface area (Å²) in [6.45, 7) is 1.75. The van der Waals surface area contributed by atoms with Crippen LogP contribution < -0.4 is 11.1 Å². The van der Waals surface area contributed by atoms with E-state index >= 15 is 0 Å². The molecule has 78 valence electrons. The van der Waals surface area contributed by atoms with Crippen LogP contribution in [-0.2, 0) is 11.3 Å². The Hall–Kier alpha value is -1.56. The van der Waals surface area contributed by atoms with Gasteiger partial charge in [0.15, 0.2) is 0 Å². The first-order valence-electron chi connectivity index (χ1n) is 4.31. The minimum Gasteiger partial charge on any atom is -0.394 e. The summed E-state index contributed by atoms with van der Waals surface area (Å²) in [4.78, 5) is 11.3. The van der Waals surface area contributed by atoms with Crippen LogP contribution in [-0.4, -0.2) is 33.4 Å². The Kier molecular flexibility index (Phi) is 3.47. The Morgan fingerprint density at radius 2 is 2.57 bits per heavy atom. The lowest BCUT2D eigenvalue weighted by atomic mass is 10.3. The number of aliphatic hydroxyl groups is 1. The van der Waals surface area contributed by atoms with Crippen LogP contribution in [0.3, 0.4) is 0 Å². The Labute approximate surface area is 81.7 Å². The SMILES string of the molecule is C[C@H](CO)NC(=O)Cn1ccc(N)n1. The molecule has 0 spiro atoms. The van der Waals surface area contributed by atoms with Gasteiger partial charge in [0.25, 0.3) is 0 Å². The molecular weight excluding hydrogens is 184 g/mol. The van der Waals surface area contributed by atoms with Crippen molar-refractivity contribution in [3.8, 4) is 0 Å². The van der Waals surface area contributed by atoms with Crippen molar-refractivity contribution >= 4 is 11.7 Å². The number of hydrogen-bond donors (Lipinski definition) is 3.